The highest BCUT2D eigenvalue weighted by molar-refractivity contribution is 5.20. The van der Waals surface area contributed by atoms with Gasteiger partial charge in [-0.1, -0.05) is 38.0 Å². The van der Waals surface area contributed by atoms with Crippen LogP contribution >= 0.6 is 0 Å². The smallest absolute Gasteiger partial charge is 0.119 e. The molecule has 1 aromatic rings. The molecular weight excluding hydrogens is 260 g/mol. The van der Waals surface area contributed by atoms with Crippen LogP contribution in [0.5, 0.6) is 5.75 Å². The van der Waals surface area contributed by atoms with E-state index in [1.165, 1.54) is 38.6 Å². The van der Waals surface area contributed by atoms with Gasteiger partial charge in [0.05, 0.1) is 0 Å². The Morgan fingerprint density at radius 2 is 2.00 bits per heavy atom. The van der Waals surface area contributed by atoms with Crippen molar-refractivity contribution in [2.45, 2.75) is 50.6 Å². The van der Waals surface area contributed by atoms with Gasteiger partial charge in [-0.05, 0) is 31.4 Å². The van der Waals surface area contributed by atoms with Crippen LogP contribution in [0.4, 0.5) is 0 Å². The quantitative estimate of drug-likeness (QED) is 0.901. The Hall–Kier alpha value is -1.06. The van der Waals surface area contributed by atoms with Gasteiger partial charge in [0, 0.05) is 31.2 Å². The molecule has 1 N–H and O–H groups in total. The van der Waals surface area contributed by atoms with Gasteiger partial charge in [-0.15, -0.1) is 0 Å². The molecule has 0 bridgehead atoms. The number of nitrogens with one attached hydrogen (secondary N) is 1. The fourth-order valence-electron chi connectivity index (χ4n) is 3.89. The second-order valence-electron chi connectivity index (χ2n) is 6.53. The van der Waals surface area contributed by atoms with E-state index in [-0.39, 0.29) is 0 Å². The summed E-state index contributed by atoms with van der Waals surface area (Å²) in [6, 6.07) is 10.8. The molecule has 1 saturated carbocycles. The summed E-state index contributed by atoms with van der Waals surface area (Å²) >= 11 is 0. The molecule has 1 saturated heterocycles. The number of para-hydroxylation sites is 1. The molecule has 1 spiro atoms. The van der Waals surface area contributed by atoms with Crippen molar-refractivity contribution in [2.75, 3.05) is 26.2 Å². The number of benzene rings is 1. The van der Waals surface area contributed by atoms with E-state index in [9.17, 15) is 0 Å². The Balaban J connectivity index is 1.57. The van der Waals surface area contributed by atoms with Crippen molar-refractivity contribution in [3.8, 4) is 5.75 Å². The van der Waals surface area contributed by atoms with Crippen molar-refractivity contribution < 1.29 is 4.74 Å². The standard InChI is InChI=1S/C18H28N2O/c1-2-16-14-20(18(15-19-16)10-6-7-11-18)12-13-21-17-8-4-3-5-9-17/h3-5,8-9,16,19H,2,6-7,10-15H2,1H3. The maximum atomic E-state index is 5.92. The van der Waals surface area contributed by atoms with Gasteiger partial charge < -0.3 is 10.1 Å². The topological polar surface area (TPSA) is 24.5 Å². The summed E-state index contributed by atoms with van der Waals surface area (Å²) in [5, 5.41) is 3.76. The van der Waals surface area contributed by atoms with Crippen molar-refractivity contribution in [3.63, 3.8) is 0 Å². The van der Waals surface area contributed by atoms with E-state index < -0.39 is 0 Å². The molecule has 0 radical (unpaired) electrons. The number of rotatable bonds is 5. The zero-order valence-electron chi connectivity index (χ0n) is 13.2. The third kappa shape index (κ3) is 3.41. The Bertz CT molecular complexity index is 428. The first-order valence-electron chi connectivity index (χ1n) is 8.49. The van der Waals surface area contributed by atoms with Gasteiger partial charge in [-0.2, -0.15) is 0 Å². The Kier molecular flexibility index (Phi) is 4.81. The van der Waals surface area contributed by atoms with E-state index in [0.29, 0.717) is 11.6 Å². The molecule has 0 aromatic heterocycles. The predicted molar refractivity (Wildman–Crippen MR) is 86.8 cm³/mol. The molecule has 3 rings (SSSR count). The van der Waals surface area contributed by atoms with Crippen LogP contribution in [0.1, 0.15) is 39.0 Å². The number of nitrogens with zero attached hydrogens (tertiary/aromatic N) is 1. The van der Waals surface area contributed by atoms with Crippen LogP contribution in [-0.4, -0.2) is 42.7 Å². The number of hydrogen-bond donors (Lipinski definition) is 1. The lowest BCUT2D eigenvalue weighted by Gasteiger charge is -2.48. The first-order valence-corrected chi connectivity index (χ1v) is 8.49. The Morgan fingerprint density at radius 1 is 1.24 bits per heavy atom. The summed E-state index contributed by atoms with van der Waals surface area (Å²) in [6.45, 7) is 6.46. The molecule has 1 aliphatic heterocycles. The number of ether oxygens (including phenoxy) is 1. The summed E-state index contributed by atoms with van der Waals surface area (Å²) in [5.41, 5.74) is 0.408. The monoisotopic (exact) mass is 288 g/mol. The molecule has 2 fully saturated rings. The average molecular weight is 288 g/mol. The van der Waals surface area contributed by atoms with Crippen LogP contribution in [0.15, 0.2) is 30.3 Å². The van der Waals surface area contributed by atoms with Crippen LogP contribution < -0.4 is 10.1 Å². The van der Waals surface area contributed by atoms with E-state index in [2.05, 4.69) is 17.1 Å². The third-order valence-electron chi connectivity index (χ3n) is 5.23. The molecule has 3 nitrogen and oxygen atoms in total. The predicted octanol–water partition coefficient (Wildman–Crippen LogP) is 3.06. The van der Waals surface area contributed by atoms with Gasteiger partial charge in [0.25, 0.3) is 0 Å². The van der Waals surface area contributed by atoms with Gasteiger partial charge in [-0.25, -0.2) is 0 Å². The van der Waals surface area contributed by atoms with Crippen molar-refractivity contribution >= 4 is 0 Å². The number of piperazine rings is 1. The minimum Gasteiger partial charge on any atom is -0.492 e. The molecule has 0 amide bonds. The second-order valence-corrected chi connectivity index (χ2v) is 6.53. The molecule has 1 atom stereocenters. The maximum Gasteiger partial charge on any atom is 0.119 e. The van der Waals surface area contributed by atoms with E-state index in [0.717, 1.165) is 25.4 Å². The van der Waals surface area contributed by atoms with E-state index in [1.54, 1.807) is 0 Å². The maximum absolute atomic E-state index is 5.92. The molecule has 3 heteroatoms. The van der Waals surface area contributed by atoms with Gasteiger partial charge in [0.2, 0.25) is 0 Å². The minimum absolute atomic E-state index is 0.408. The molecule has 2 aliphatic rings. The van der Waals surface area contributed by atoms with Crippen molar-refractivity contribution in [2.24, 2.45) is 0 Å². The summed E-state index contributed by atoms with van der Waals surface area (Å²) in [6.07, 6.45) is 6.68. The van der Waals surface area contributed by atoms with Crippen LogP contribution in [0, 0.1) is 0 Å². The Morgan fingerprint density at radius 3 is 2.71 bits per heavy atom. The minimum atomic E-state index is 0.408. The van der Waals surface area contributed by atoms with Gasteiger partial charge >= 0.3 is 0 Å². The zero-order valence-corrected chi connectivity index (χ0v) is 13.2. The summed E-state index contributed by atoms with van der Waals surface area (Å²) < 4.78 is 5.92. The molecular formula is C18H28N2O. The largest absolute Gasteiger partial charge is 0.492 e. The molecule has 21 heavy (non-hydrogen) atoms. The molecule has 116 valence electrons. The second kappa shape index (κ2) is 6.80. The van der Waals surface area contributed by atoms with Gasteiger partial charge in [-0.3, -0.25) is 4.90 Å². The first-order chi connectivity index (χ1) is 10.3. The zero-order chi connectivity index (χ0) is 14.5. The third-order valence-corrected chi connectivity index (χ3v) is 5.23. The molecule has 1 aromatic carbocycles. The molecule has 1 aliphatic carbocycles. The Labute approximate surface area is 128 Å². The van der Waals surface area contributed by atoms with Gasteiger partial charge in [0.15, 0.2) is 0 Å². The van der Waals surface area contributed by atoms with Crippen molar-refractivity contribution in [1.82, 2.24) is 10.2 Å². The lowest BCUT2D eigenvalue weighted by Crippen LogP contribution is -2.64. The summed E-state index contributed by atoms with van der Waals surface area (Å²) in [7, 11) is 0. The molecule has 1 heterocycles. The summed E-state index contributed by atoms with van der Waals surface area (Å²) in [5.74, 6) is 0.986. The van der Waals surface area contributed by atoms with Crippen molar-refractivity contribution in [1.29, 1.82) is 0 Å². The van der Waals surface area contributed by atoms with E-state index >= 15 is 0 Å². The van der Waals surface area contributed by atoms with Crippen LogP contribution in [0.25, 0.3) is 0 Å². The lowest BCUT2D eigenvalue weighted by atomic mass is 9.90. The van der Waals surface area contributed by atoms with E-state index in [1.807, 2.05) is 30.3 Å². The average Bonchev–Trinajstić information content (AvgIpc) is 3.00. The normalized spacial score (nSPS) is 25.3. The van der Waals surface area contributed by atoms with Crippen LogP contribution in [0.2, 0.25) is 0 Å². The van der Waals surface area contributed by atoms with Crippen LogP contribution in [-0.2, 0) is 0 Å². The fourth-order valence-corrected chi connectivity index (χ4v) is 3.89. The van der Waals surface area contributed by atoms with Crippen molar-refractivity contribution in [3.05, 3.63) is 30.3 Å². The number of hydrogen-bond acceptors (Lipinski definition) is 3. The van der Waals surface area contributed by atoms with Crippen LogP contribution in [0.3, 0.4) is 0 Å². The SMILES string of the molecule is CCC1CN(CCOc2ccccc2)C2(CCCC2)CN1. The first kappa shape index (κ1) is 14.9. The lowest BCUT2D eigenvalue weighted by molar-refractivity contribution is 0.0313. The summed E-state index contributed by atoms with van der Waals surface area (Å²) in [4.78, 5) is 2.72. The van der Waals surface area contributed by atoms with E-state index in [4.69, 9.17) is 4.74 Å². The van der Waals surface area contributed by atoms with Gasteiger partial charge in [0.1, 0.15) is 12.4 Å². The highest BCUT2D eigenvalue weighted by Gasteiger charge is 2.42. The highest BCUT2D eigenvalue weighted by atomic mass is 16.5. The highest BCUT2D eigenvalue weighted by Crippen LogP contribution is 2.36. The fraction of sp³-hybridized carbons (Fsp3) is 0.667. The molecule has 1 unspecified atom stereocenters.